The number of anilines is 1. The van der Waals surface area contributed by atoms with Crippen LogP contribution in [0.3, 0.4) is 0 Å². The van der Waals surface area contributed by atoms with Gasteiger partial charge >= 0.3 is 0 Å². The third-order valence-electron chi connectivity index (χ3n) is 2.59. The van der Waals surface area contributed by atoms with Crippen molar-refractivity contribution in [3.05, 3.63) is 33.9 Å². The third-order valence-corrected chi connectivity index (χ3v) is 2.88. The van der Waals surface area contributed by atoms with E-state index in [0.29, 0.717) is 6.07 Å². The van der Waals surface area contributed by atoms with Gasteiger partial charge in [0, 0.05) is 19.0 Å². The maximum Gasteiger partial charge on any atom is 0.296 e. The van der Waals surface area contributed by atoms with E-state index in [2.05, 4.69) is 0 Å². The van der Waals surface area contributed by atoms with Gasteiger partial charge in [-0.1, -0.05) is 0 Å². The van der Waals surface area contributed by atoms with Gasteiger partial charge in [0.15, 0.2) is 17.3 Å². The summed E-state index contributed by atoms with van der Waals surface area (Å²) < 4.78 is 26.8. The summed E-state index contributed by atoms with van der Waals surface area (Å²) in [4.78, 5) is 22.3. The Balaban J connectivity index is 2.58. The Hall–Kier alpha value is -1.76. The van der Waals surface area contributed by atoms with Gasteiger partial charge in [0.05, 0.1) is 10.3 Å². The molecule has 1 saturated heterocycles. The van der Waals surface area contributed by atoms with Crippen molar-refractivity contribution in [2.45, 2.75) is 11.8 Å². The fourth-order valence-electron chi connectivity index (χ4n) is 1.81. The zero-order valence-corrected chi connectivity index (χ0v) is 9.66. The molecule has 0 aliphatic carbocycles. The second kappa shape index (κ2) is 4.49. The topological polar surface area (TPSA) is 63.5 Å². The van der Waals surface area contributed by atoms with Gasteiger partial charge in [0.1, 0.15) is 0 Å². The standard InChI is InChI=1S/C10H7ClF2N2O3/c11-5-3-8(16)14(4-5)10-7(15(17)18)2-1-6(12)9(10)13/h1-2,5H,3-4H2. The summed E-state index contributed by atoms with van der Waals surface area (Å²) in [6.07, 6.45) is -0.0609. The van der Waals surface area contributed by atoms with Gasteiger partial charge in [-0.2, -0.15) is 0 Å². The largest absolute Gasteiger partial charge is 0.302 e. The number of hydrogen-bond donors (Lipinski definition) is 0. The zero-order chi connectivity index (χ0) is 13.4. The molecule has 8 heteroatoms. The second-order valence-electron chi connectivity index (χ2n) is 3.79. The molecule has 1 unspecified atom stereocenters. The van der Waals surface area contributed by atoms with Gasteiger partial charge in [-0.25, -0.2) is 8.78 Å². The average molecular weight is 277 g/mol. The molecule has 96 valence electrons. The van der Waals surface area contributed by atoms with Crippen molar-refractivity contribution in [2.75, 3.05) is 11.4 Å². The summed E-state index contributed by atoms with van der Waals surface area (Å²) in [6.45, 7) is -0.0817. The lowest BCUT2D eigenvalue weighted by molar-refractivity contribution is -0.384. The maximum absolute atomic E-state index is 13.7. The lowest BCUT2D eigenvalue weighted by atomic mass is 10.2. The number of halogens is 3. The number of carbonyl (C=O) groups is 1. The Kier molecular flexibility index (Phi) is 3.16. The molecule has 0 saturated carbocycles. The smallest absolute Gasteiger partial charge is 0.296 e. The van der Waals surface area contributed by atoms with Crippen LogP contribution in [0.2, 0.25) is 0 Å². The fourth-order valence-corrected chi connectivity index (χ4v) is 2.08. The van der Waals surface area contributed by atoms with Gasteiger partial charge in [0.25, 0.3) is 5.69 Å². The predicted molar refractivity (Wildman–Crippen MR) is 59.6 cm³/mol. The minimum Gasteiger partial charge on any atom is -0.302 e. The minimum absolute atomic E-state index is 0.0609. The van der Waals surface area contributed by atoms with E-state index in [9.17, 15) is 23.7 Å². The molecule has 0 radical (unpaired) electrons. The van der Waals surface area contributed by atoms with Crippen LogP contribution >= 0.6 is 11.6 Å². The normalized spacial score (nSPS) is 19.4. The van der Waals surface area contributed by atoms with Crippen LogP contribution in [-0.4, -0.2) is 22.8 Å². The van der Waals surface area contributed by atoms with E-state index < -0.39 is 39.2 Å². The van der Waals surface area contributed by atoms with Gasteiger partial charge in [0.2, 0.25) is 5.91 Å². The molecule has 2 rings (SSSR count). The van der Waals surface area contributed by atoms with Gasteiger partial charge in [-0.15, -0.1) is 11.6 Å². The lowest BCUT2D eigenvalue weighted by Gasteiger charge is -2.16. The maximum atomic E-state index is 13.7. The fraction of sp³-hybridized carbons (Fsp3) is 0.300. The Morgan fingerprint density at radius 1 is 1.44 bits per heavy atom. The number of nitro groups is 1. The number of nitrogens with zero attached hydrogens (tertiary/aromatic N) is 2. The highest BCUT2D eigenvalue weighted by Gasteiger charge is 2.36. The number of rotatable bonds is 2. The van der Waals surface area contributed by atoms with E-state index in [4.69, 9.17) is 11.6 Å². The minimum atomic E-state index is -1.41. The summed E-state index contributed by atoms with van der Waals surface area (Å²) in [5.41, 5.74) is -1.32. The van der Waals surface area contributed by atoms with Crippen LogP contribution < -0.4 is 4.90 Å². The van der Waals surface area contributed by atoms with Crippen LogP contribution in [0.25, 0.3) is 0 Å². The zero-order valence-electron chi connectivity index (χ0n) is 8.90. The molecule has 0 N–H and O–H groups in total. The third kappa shape index (κ3) is 2.01. The summed E-state index contributed by atoms with van der Waals surface area (Å²) in [7, 11) is 0. The van der Waals surface area contributed by atoms with Crippen molar-refractivity contribution >= 4 is 28.9 Å². The summed E-state index contributed by atoms with van der Waals surface area (Å²) in [5, 5.41) is 10.2. The summed E-state index contributed by atoms with van der Waals surface area (Å²) >= 11 is 5.73. The Labute approximate surface area is 105 Å². The molecule has 1 atom stereocenters. The number of benzene rings is 1. The van der Waals surface area contributed by atoms with Crippen LogP contribution in [0.15, 0.2) is 12.1 Å². The molecule has 1 aliphatic rings. The molecule has 1 aromatic rings. The van der Waals surface area contributed by atoms with Crippen molar-refractivity contribution < 1.29 is 18.5 Å². The number of nitro benzene ring substituents is 1. The Morgan fingerprint density at radius 3 is 2.61 bits per heavy atom. The Bertz CT molecular complexity index is 538. The highest BCUT2D eigenvalue weighted by atomic mass is 35.5. The van der Waals surface area contributed by atoms with E-state index >= 15 is 0 Å². The molecular weight excluding hydrogens is 270 g/mol. The van der Waals surface area contributed by atoms with Crippen LogP contribution in [0.4, 0.5) is 20.2 Å². The van der Waals surface area contributed by atoms with E-state index in [-0.39, 0.29) is 13.0 Å². The van der Waals surface area contributed by atoms with Crippen molar-refractivity contribution in [1.82, 2.24) is 0 Å². The first-order valence-electron chi connectivity index (χ1n) is 4.98. The van der Waals surface area contributed by atoms with Gasteiger partial charge in [-0.3, -0.25) is 14.9 Å². The van der Waals surface area contributed by atoms with Crippen LogP contribution in [-0.2, 0) is 4.79 Å². The highest BCUT2D eigenvalue weighted by molar-refractivity contribution is 6.24. The molecule has 18 heavy (non-hydrogen) atoms. The number of alkyl halides is 1. The first-order chi connectivity index (χ1) is 8.41. The molecule has 1 aliphatic heterocycles. The van der Waals surface area contributed by atoms with Gasteiger partial charge in [-0.05, 0) is 6.07 Å². The molecular formula is C10H7ClF2N2O3. The molecule has 0 aromatic heterocycles. The first-order valence-corrected chi connectivity index (χ1v) is 5.42. The number of amides is 1. The predicted octanol–water partition coefficient (Wildman–Crippen LogP) is 2.22. The molecule has 1 aromatic carbocycles. The van der Waals surface area contributed by atoms with Crippen LogP contribution in [0.1, 0.15) is 6.42 Å². The SMILES string of the molecule is O=C1CC(Cl)CN1c1c([N+](=O)[O-])ccc(F)c1F. The summed E-state index contributed by atoms with van der Waals surface area (Å²) in [5.74, 6) is -3.23. The summed E-state index contributed by atoms with van der Waals surface area (Å²) in [6, 6.07) is 1.47. The highest BCUT2D eigenvalue weighted by Crippen LogP contribution is 2.35. The monoisotopic (exact) mass is 276 g/mol. The van der Waals surface area contributed by atoms with E-state index in [1.165, 1.54) is 0 Å². The quantitative estimate of drug-likeness (QED) is 0.473. The van der Waals surface area contributed by atoms with E-state index in [0.717, 1.165) is 11.0 Å². The molecule has 0 bridgehead atoms. The van der Waals surface area contributed by atoms with Crippen LogP contribution in [0, 0.1) is 21.7 Å². The molecule has 1 heterocycles. The van der Waals surface area contributed by atoms with Crippen LogP contribution in [0.5, 0.6) is 0 Å². The van der Waals surface area contributed by atoms with E-state index in [1.54, 1.807) is 0 Å². The van der Waals surface area contributed by atoms with E-state index in [1.807, 2.05) is 0 Å². The van der Waals surface area contributed by atoms with Crippen molar-refractivity contribution in [3.8, 4) is 0 Å². The van der Waals surface area contributed by atoms with Gasteiger partial charge < -0.3 is 4.90 Å². The first kappa shape index (κ1) is 12.7. The number of hydrogen-bond acceptors (Lipinski definition) is 3. The van der Waals surface area contributed by atoms with Crippen molar-refractivity contribution in [3.63, 3.8) is 0 Å². The second-order valence-corrected chi connectivity index (χ2v) is 4.41. The molecule has 0 spiro atoms. The van der Waals surface area contributed by atoms with Crippen molar-refractivity contribution in [2.24, 2.45) is 0 Å². The Morgan fingerprint density at radius 2 is 2.11 bits per heavy atom. The van der Waals surface area contributed by atoms with Crippen molar-refractivity contribution in [1.29, 1.82) is 0 Å². The molecule has 5 nitrogen and oxygen atoms in total. The molecule has 1 amide bonds. The number of carbonyl (C=O) groups excluding carboxylic acids is 1. The average Bonchev–Trinajstić information content (AvgIpc) is 2.61. The lowest BCUT2D eigenvalue weighted by Crippen LogP contribution is -2.27. The molecule has 1 fully saturated rings.